The smallest absolute Gasteiger partial charge is 0.282 e. The van der Waals surface area contributed by atoms with Gasteiger partial charge in [-0.15, -0.1) is 0 Å². The Bertz CT molecular complexity index is 1380. The van der Waals surface area contributed by atoms with Gasteiger partial charge >= 0.3 is 0 Å². The van der Waals surface area contributed by atoms with Gasteiger partial charge in [-0.05, 0) is 49.2 Å². The number of aryl methyl sites for hydroxylation is 1. The highest BCUT2D eigenvalue weighted by atomic mass is 79.9. The van der Waals surface area contributed by atoms with E-state index in [4.69, 9.17) is 9.72 Å². The number of benzene rings is 3. The van der Waals surface area contributed by atoms with E-state index in [1.165, 1.54) is 10.2 Å². The standard InChI is InChI=1S/C27H26BrN3O2/c1-4-19(3)26-30-24-13-12-22(28)15-23(24)27(32)31(26)29-16-21-10-5-6-11-25(21)33-17-20-9-7-8-18(2)14-20/h5-16,19H,4,17H2,1-3H3/t19-/m1/s1. The van der Waals surface area contributed by atoms with Gasteiger partial charge in [-0.3, -0.25) is 4.79 Å². The molecule has 1 aromatic heterocycles. The van der Waals surface area contributed by atoms with E-state index in [1.807, 2.05) is 48.5 Å². The van der Waals surface area contributed by atoms with E-state index < -0.39 is 0 Å². The molecular weight excluding hydrogens is 478 g/mol. The highest BCUT2D eigenvalue weighted by molar-refractivity contribution is 9.10. The molecule has 0 saturated carbocycles. The maximum Gasteiger partial charge on any atom is 0.282 e. The number of halogens is 1. The molecule has 0 spiro atoms. The zero-order valence-corrected chi connectivity index (χ0v) is 20.5. The minimum absolute atomic E-state index is 0.0794. The molecule has 0 aliphatic rings. The molecule has 5 nitrogen and oxygen atoms in total. The predicted molar refractivity (Wildman–Crippen MR) is 137 cm³/mol. The summed E-state index contributed by atoms with van der Waals surface area (Å²) < 4.78 is 8.33. The maximum absolute atomic E-state index is 13.3. The molecular formula is C27H26BrN3O2. The van der Waals surface area contributed by atoms with E-state index in [0.29, 0.717) is 29.1 Å². The maximum atomic E-state index is 13.3. The van der Waals surface area contributed by atoms with E-state index in [0.717, 1.165) is 22.0 Å². The van der Waals surface area contributed by atoms with Crippen molar-refractivity contribution < 1.29 is 4.74 Å². The van der Waals surface area contributed by atoms with Crippen molar-refractivity contribution in [1.29, 1.82) is 0 Å². The van der Waals surface area contributed by atoms with Crippen molar-refractivity contribution in [1.82, 2.24) is 9.66 Å². The van der Waals surface area contributed by atoms with Crippen LogP contribution in [0, 0.1) is 6.92 Å². The number of para-hydroxylation sites is 1. The summed E-state index contributed by atoms with van der Waals surface area (Å²) in [7, 11) is 0. The van der Waals surface area contributed by atoms with Crippen LogP contribution in [-0.4, -0.2) is 15.9 Å². The monoisotopic (exact) mass is 503 g/mol. The molecule has 33 heavy (non-hydrogen) atoms. The molecule has 0 aliphatic carbocycles. The second-order valence-electron chi connectivity index (χ2n) is 8.12. The molecule has 0 aliphatic heterocycles. The summed E-state index contributed by atoms with van der Waals surface area (Å²) in [6.45, 7) is 6.64. The average molecular weight is 504 g/mol. The van der Waals surface area contributed by atoms with Crippen LogP contribution in [0.5, 0.6) is 5.75 Å². The Hall–Kier alpha value is -3.25. The number of nitrogens with zero attached hydrogens (tertiary/aromatic N) is 3. The third-order valence-corrected chi connectivity index (χ3v) is 6.09. The molecule has 1 heterocycles. The molecule has 3 aromatic carbocycles. The second kappa shape index (κ2) is 10.1. The number of hydrogen-bond acceptors (Lipinski definition) is 4. The van der Waals surface area contributed by atoms with Crippen molar-refractivity contribution in [2.24, 2.45) is 5.10 Å². The Balaban J connectivity index is 1.71. The summed E-state index contributed by atoms with van der Waals surface area (Å²) in [6, 6.07) is 21.5. The van der Waals surface area contributed by atoms with E-state index in [1.54, 1.807) is 12.3 Å². The van der Waals surface area contributed by atoms with E-state index in [9.17, 15) is 4.79 Å². The zero-order chi connectivity index (χ0) is 23.4. The number of fused-ring (bicyclic) bond motifs is 1. The van der Waals surface area contributed by atoms with Gasteiger partial charge in [0.2, 0.25) is 0 Å². The molecule has 0 saturated heterocycles. The quantitative estimate of drug-likeness (QED) is 0.272. The topological polar surface area (TPSA) is 56.5 Å². The fourth-order valence-electron chi connectivity index (χ4n) is 3.58. The van der Waals surface area contributed by atoms with Gasteiger partial charge in [0.05, 0.1) is 17.1 Å². The normalized spacial score (nSPS) is 12.4. The fraction of sp³-hybridized carbons (Fsp3) is 0.222. The van der Waals surface area contributed by atoms with Crippen LogP contribution in [0.15, 0.2) is 81.1 Å². The zero-order valence-electron chi connectivity index (χ0n) is 19.0. The molecule has 0 bridgehead atoms. The van der Waals surface area contributed by atoms with Crippen LogP contribution < -0.4 is 10.3 Å². The van der Waals surface area contributed by atoms with Gasteiger partial charge in [-0.2, -0.15) is 9.78 Å². The van der Waals surface area contributed by atoms with Gasteiger partial charge in [0.15, 0.2) is 0 Å². The Labute approximate surface area is 201 Å². The summed E-state index contributed by atoms with van der Waals surface area (Å²) >= 11 is 3.45. The van der Waals surface area contributed by atoms with Gasteiger partial charge in [-0.1, -0.05) is 71.7 Å². The van der Waals surface area contributed by atoms with Crippen LogP contribution in [0.25, 0.3) is 10.9 Å². The largest absolute Gasteiger partial charge is 0.488 e. The fourth-order valence-corrected chi connectivity index (χ4v) is 3.94. The molecule has 4 aromatic rings. The summed E-state index contributed by atoms with van der Waals surface area (Å²) in [5.41, 5.74) is 3.57. The van der Waals surface area contributed by atoms with Crippen molar-refractivity contribution in [3.63, 3.8) is 0 Å². The minimum Gasteiger partial charge on any atom is -0.488 e. The van der Waals surface area contributed by atoms with Crippen LogP contribution in [0.3, 0.4) is 0 Å². The van der Waals surface area contributed by atoms with Gasteiger partial charge in [0.1, 0.15) is 18.2 Å². The lowest BCUT2D eigenvalue weighted by Gasteiger charge is -2.14. The van der Waals surface area contributed by atoms with Crippen LogP contribution >= 0.6 is 15.9 Å². The number of hydrogen-bond donors (Lipinski definition) is 0. The number of rotatable bonds is 7. The average Bonchev–Trinajstić information content (AvgIpc) is 2.82. The molecule has 0 unspecified atom stereocenters. The first-order chi connectivity index (χ1) is 16.0. The second-order valence-corrected chi connectivity index (χ2v) is 9.03. The predicted octanol–water partition coefficient (Wildman–Crippen LogP) is 6.44. The number of aromatic nitrogens is 2. The summed E-state index contributed by atoms with van der Waals surface area (Å²) in [6.07, 6.45) is 2.52. The highest BCUT2D eigenvalue weighted by Gasteiger charge is 2.15. The molecule has 4 rings (SSSR count). The Morgan fingerprint density at radius 2 is 1.94 bits per heavy atom. The molecule has 0 radical (unpaired) electrons. The molecule has 168 valence electrons. The lowest BCUT2D eigenvalue weighted by molar-refractivity contribution is 0.305. The van der Waals surface area contributed by atoms with Crippen molar-refractivity contribution in [2.45, 2.75) is 39.7 Å². The Morgan fingerprint density at radius 1 is 1.12 bits per heavy atom. The Kier molecular flexibility index (Phi) is 7.04. The van der Waals surface area contributed by atoms with Gasteiger partial charge in [0, 0.05) is 16.0 Å². The first kappa shape index (κ1) is 22.9. The molecule has 0 amide bonds. The third-order valence-electron chi connectivity index (χ3n) is 5.59. The lowest BCUT2D eigenvalue weighted by Crippen LogP contribution is -2.23. The number of ether oxygens (including phenoxy) is 1. The van der Waals surface area contributed by atoms with Crippen molar-refractivity contribution in [3.05, 3.63) is 104 Å². The summed E-state index contributed by atoms with van der Waals surface area (Å²) in [5.74, 6) is 1.43. The van der Waals surface area contributed by atoms with E-state index >= 15 is 0 Å². The van der Waals surface area contributed by atoms with Gasteiger partial charge in [0.25, 0.3) is 5.56 Å². The SMILES string of the molecule is CC[C@@H](C)c1nc2ccc(Br)cc2c(=O)n1N=Cc1ccccc1OCc1cccc(C)c1. The summed E-state index contributed by atoms with van der Waals surface area (Å²) in [5, 5.41) is 5.10. The van der Waals surface area contributed by atoms with Gasteiger partial charge < -0.3 is 4.74 Å². The molecule has 1 atom stereocenters. The van der Waals surface area contributed by atoms with E-state index in [2.05, 4.69) is 53.9 Å². The lowest BCUT2D eigenvalue weighted by atomic mass is 10.1. The van der Waals surface area contributed by atoms with Crippen molar-refractivity contribution >= 4 is 33.0 Å². The highest BCUT2D eigenvalue weighted by Crippen LogP contribution is 2.22. The van der Waals surface area contributed by atoms with Gasteiger partial charge in [-0.25, -0.2) is 4.98 Å². The van der Waals surface area contributed by atoms with E-state index in [-0.39, 0.29) is 11.5 Å². The first-order valence-corrected chi connectivity index (χ1v) is 11.8. The molecule has 0 fully saturated rings. The van der Waals surface area contributed by atoms with Crippen LogP contribution in [-0.2, 0) is 6.61 Å². The molecule has 6 heteroatoms. The third kappa shape index (κ3) is 5.22. The van der Waals surface area contributed by atoms with Crippen LogP contribution in [0.4, 0.5) is 0 Å². The molecule has 0 N–H and O–H groups in total. The Morgan fingerprint density at radius 3 is 2.73 bits per heavy atom. The minimum atomic E-state index is -0.189. The first-order valence-electron chi connectivity index (χ1n) is 11.0. The van der Waals surface area contributed by atoms with Crippen LogP contribution in [0.2, 0.25) is 0 Å². The summed E-state index contributed by atoms with van der Waals surface area (Å²) in [4.78, 5) is 18.1. The van der Waals surface area contributed by atoms with Crippen molar-refractivity contribution in [3.8, 4) is 5.75 Å². The van der Waals surface area contributed by atoms with Crippen molar-refractivity contribution in [2.75, 3.05) is 0 Å². The van der Waals surface area contributed by atoms with Crippen LogP contribution in [0.1, 0.15) is 48.7 Å².